The molecule has 0 spiro atoms. The first kappa shape index (κ1) is 22.1. The van der Waals surface area contributed by atoms with E-state index < -0.39 is 17.7 Å². The van der Waals surface area contributed by atoms with Gasteiger partial charge in [-0.25, -0.2) is 9.78 Å². The molecule has 160 valence electrons. The van der Waals surface area contributed by atoms with E-state index in [1.165, 1.54) is 24.3 Å². The molecule has 0 amide bonds. The van der Waals surface area contributed by atoms with E-state index in [0.717, 1.165) is 11.6 Å². The van der Waals surface area contributed by atoms with Crippen LogP contribution in [0.25, 0.3) is 0 Å². The second-order valence-corrected chi connectivity index (χ2v) is 6.77. The number of amidine groups is 1. The van der Waals surface area contributed by atoms with Gasteiger partial charge in [0.25, 0.3) is 0 Å². The van der Waals surface area contributed by atoms with Gasteiger partial charge in [-0.2, -0.15) is 13.2 Å². The lowest BCUT2D eigenvalue weighted by Gasteiger charge is -2.10. The molecule has 1 heterocycles. The molecule has 0 aliphatic heterocycles. The van der Waals surface area contributed by atoms with Crippen LogP contribution in [-0.4, -0.2) is 16.8 Å². The number of carbonyl (C=O) groups excluding carboxylic acids is 1. The summed E-state index contributed by atoms with van der Waals surface area (Å²) in [5, 5.41) is 3.34. The number of ether oxygens (including phenoxy) is 1. The molecule has 10 heteroatoms. The number of alkyl halides is 3. The monoisotopic (exact) mass is 449 g/mol. The largest absolute Gasteiger partial charge is 0.438 e. The molecule has 6 nitrogen and oxygen atoms in total. The molecule has 0 aliphatic rings. The van der Waals surface area contributed by atoms with Crippen LogP contribution in [0.3, 0.4) is 0 Å². The Balaban J connectivity index is 1.67. The number of pyridine rings is 1. The first-order chi connectivity index (χ1) is 14.6. The predicted octanol–water partition coefficient (Wildman–Crippen LogP) is 5.33. The molecular weight excluding hydrogens is 435 g/mol. The highest BCUT2D eigenvalue weighted by atomic mass is 35.5. The third-order valence-corrected chi connectivity index (χ3v) is 4.25. The second kappa shape index (κ2) is 9.05. The molecule has 0 aliphatic carbocycles. The van der Waals surface area contributed by atoms with Crippen LogP contribution >= 0.6 is 11.6 Å². The van der Waals surface area contributed by atoms with E-state index in [-0.39, 0.29) is 22.5 Å². The zero-order valence-corrected chi connectivity index (χ0v) is 16.7. The van der Waals surface area contributed by atoms with Gasteiger partial charge < -0.3 is 15.3 Å². The summed E-state index contributed by atoms with van der Waals surface area (Å²) in [5.74, 6) is -0.647. The summed E-state index contributed by atoms with van der Waals surface area (Å²) < 4.78 is 43.4. The van der Waals surface area contributed by atoms with Gasteiger partial charge in [0.05, 0.1) is 11.1 Å². The van der Waals surface area contributed by atoms with Crippen molar-refractivity contribution in [1.29, 1.82) is 0 Å². The fraction of sp³-hybridized carbons (Fsp3) is 0.0952. The van der Waals surface area contributed by atoms with Crippen molar-refractivity contribution in [1.82, 2.24) is 4.98 Å². The van der Waals surface area contributed by atoms with Crippen molar-refractivity contribution >= 4 is 23.4 Å². The lowest BCUT2D eigenvalue weighted by atomic mass is 10.1. The van der Waals surface area contributed by atoms with E-state index in [2.05, 4.69) is 10.1 Å². The van der Waals surface area contributed by atoms with Crippen LogP contribution in [0.1, 0.15) is 27.0 Å². The van der Waals surface area contributed by atoms with E-state index in [1.807, 2.05) is 13.0 Å². The molecule has 31 heavy (non-hydrogen) atoms. The number of nitrogens with zero attached hydrogens (tertiary/aromatic N) is 2. The minimum absolute atomic E-state index is 0.0572. The quantitative estimate of drug-likeness (QED) is 0.246. The lowest BCUT2D eigenvalue weighted by Crippen LogP contribution is -2.15. The number of oxime groups is 1. The average molecular weight is 450 g/mol. The molecular formula is C21H15ClF3N3O3. The number of aryl methyl sites for hydroxylation is 1. The van der Waals surface area contributed by atoms with Gasteiger partial charge >= 0.3 is 12.1 Å². The third-order valence-electron chi connectivity index (χ3n) is 3.98. The molecule has 1 aromatic heterocycles. The highest BCUT2D eigenvalue weighted by molar-refractivity contribution is 6.31. The maximum absolute atomic E-state index is 12.7. The molecule has 2 N–H and O–H groups in total. The summed E-state index contributed by atoms with van der Waals surface area (Å²) in [6, 6.07) is 13.5. The lowest BCUT2D eigenvalue weighted by molar-refractivity contribution is -0.137. The Morgan fingerprint density at radius 1 is 1.10 bits per heavy atom. The summed E-state index contributed by atoms with van der Waals surface area (Å²) in [7, 11) is 0. The number of halogens is 4. The fourth-order valence-electron chi connectivity index (χ4n) is 2.43. The van der Waals surface area contributed by atoms with Crippen LogP contribution in [-0.2, 0) is 11.0 Å². The standard InChI is InChI=1S/C21H15ClF3N3O3/c1-12-3-2-4-14(9-12)20(29)31-28-18(26)13-5-7-16(8-6-13)30-19-17(22)10-15(11-27-19)21(23,24)25/h2-11H,1H3,(H2,26,28). The Morgan fingerprint density at radius 3 is 2.42 bits per heavy atom. The van der Waals surface area contributed by atoms with Gasteiger partial charge in [0.1, 0.15) is 10.8 Å². The molecule has 0 radical (unpaired) electrons. The van der Waals surface area contributed by atoms with Gasteiger partial charge in [-0.15, -0.1) is 0 Å². The van der Waals surface area contributed by atoms with E-state index in [4.69, 9.17) is 26.9 Å². The maximum atomic E-state index is 12.7. The van der Waals surface area contributed by atoms with Crippen molar-refractivity contribution in [3.05, 3.63) is 88.1 Å². The zero-order chi connectivity index (χ0) is 22.6. The van der Waals surface area contributed by atoms with E-state index in [9.17, 15) is 18.0 Å². The second-order valence-electron chi connectivity index (χ2n) is 6.36. The summed E-state index contributed by atoms with van der Waals surface area (Å²) in [4.78, 5) is 20.5. The number of aromatic nitrogens is 1. The summed E-state index contributed by atoms with van der Waals surface area (Å²) >= 11 is 5.82. The summed E-state index contributed by atoms with van der Waals surface area (Å²) in [5.41, 5.74) is 6.50. The highest BCUT2D eigenvalue weighted by Gasteiger charge is 2.31. The van der Waals surface area contributed by atoms with Gasteiger partial charge in [-0.1, -0.05) is 34.5 Å². The Kier molecular flexibility index (Phi) is 6.45. The van der Waals surface area contributed by atoms with Crippen LogP contribution in [0.5, 0.6) is 11.6 Å². The van der Waals surface area contributed by atoms with Crippen molar-refractivity contribution in [2.45, 2.75) is 13.1 Å². The average Bonchev–Trinajstić information content (AvgIpc) is 2.73. The smallest absolute Gasteiger partial charge is 0.417 e. The topological polar surface area (TPSA) is 86.8 Å². The minimum atomic E-state index is -4.56. The maximum Gasteiger partial charge on any atom is 0.417 e. The van der Waals surface area contributed by atoms with Crippen LogP contribution in [0.4, 0.5) is 13.2 Å². The van der Waals surface area contributed by atoms with Crippen LogP contribution in [0.15, 0.2) is 65.9 Å². The van der Waals surface area contributed by atoms with Crippen LogP contribution in [0, 0.1) is 6.92 Å². The SMILES string of the molecule is Cc1cccc(C(=O)ON=C(N)c2ccc(Oc3ncc(C(F)(F)F)cc3Cl)cc2)c1. The predicted molar refractivity (Wildman–Crippen MR) is 108 cm³/mol. The van der Waals surface area contributed by atoms with E-state index in [1.54, 1.807) is 18.2 Å². The molecule has 0 unspecified atom stereocenters. The van der Waals surface area contributed by atoms with Crippen molar-refractivity contribution < 1.29 is 27.5 Å². The van der Waals surface area contributed by atoms with Crippen molar-refractivity contribution in [2.75, 3.05) is 0 Å². The normalized spacial score (nSPS) is 11.8. The number of rotatable bonds is 5. The number of carbonyl (C=O) groups is 1. The Labute approximate surface area is 180 Å². The van der Waals surface area contributed by atoms with Gasteiger partial charge in [-0.3, -0.25) is 0 Å². The van der Waals surface area contributed by atoms with Crippen molar-refractivity contribution in [3.8, 4) is 11.6 Å². The third kappa shape index (κ3) is 5.73. The number of nitrogens with two attached hydrogens (primary N) is 1. The molecule has 3 rings (SSSR count). The first-order valence-corrected chi connectivity index (χ1v) is 9.14. The van der Waals surface area contributed by atoms with Crippen molar-refractivity contribution in [2.24, 2.45) is 10.9 Å². The highest BCUT2D eigenvalue weighted by Crippen LogP contribution is 2.34. The number of hydrogen-bond acceptors (Lipinski definition) is 5. The van der Waals surface area contributed by atoms with Crippen LogP contribution in [0.2, 0.25) is 5.02 Å². The molecule has 3 aromatic rings. The summed E-state index contributed by atoms with van der Waals surface area (Å²) in [6.45, 7) is 1.84. The van der Waals surface area contributed by atoms with Crippen molar-refractivity contribution in [3.63, 3.8) is 0 Å². The molecule has 0 bridgehead atoms. The first-order valence-electron chi connectivity index (χ1n) is 8.76. The molecule has 0 fully saturated rings. The molecule has 0 saturated heterocycles. The number of benzene rings is 2. The molecule has 0 saturated carbocycles. The Hall–Kier alpha value is -3.59. The van der Waals surface area contributed by atoms with Gasteiger partial charge in [-0.05, 0) is 49.4 Å². The minimum Gasteiger partial charge on any atom is -0.438 e. The number of hydrogen-bond donors (Lipinski definition) is 1. The van der Waals surface area contributed by atoms with Gasteiger partial charge in [0, 0.05) is 11.8 Å². The van der Waals surface area contributed by atoms with Crippen LogP contribution < -0.4 is 10.5 Å². The fourth-order valence-corrected chi connectivity index (χ4v) is 2.63. The van der Waals surface area contributed by atoms with E-state index in [0.29, 0.717) is 17.3 Å². The molecule has 2 aromatic carbocycles. The Bertz CT molecular complexity index is 1130. The summed E-state index contributed by atoms with van der Waals surface area (Å²) in [6.07, 6.45) is -3.93. The Morgan fingerprint density at radius 2 is 1.81 bits per heavy atom. The zero-order valence-electron chi connectivity index (χ0n) is 16.0. The molecule has 0 atom stereocenters. The van der Waals surface area contributed by atoms with Gasteiger partial charge in [0.2, 0.25) is 5.88 Å². The van der Waals surface area contributed by atoms with E-state index >= 15 is 0 Å². The van der Waals surface area contributed by atoms with Gasteiger partial charge in [0.15, 0.2) is 5.84 Å².